The molecule has 0 fully saturated rings. The number of methoxy groups -OCH3 is 2. The van der Waals surface area contributed by atoms with E-state index < -0.39 is 3.79 Å². The van der Waals surface area contributed by atoms with Crippen molar-refractivity contribution in [2.24, 2.45) is 0 Å². The number of ether oxygens (including phenoxy) is 2. The maximum atomic E-state index is 5.91. The van der Waals surface area contributed by atoms with E-state index in [9.17, 15) is 0 Å². The third-order valence-electron chi connectivity index (χ3n) is 2.45. The van der Waals surface area contributed by atoms with Crippen molar-refractivity contribution >= 4 is 34.8 Å². The Morgan fingerprint density at radius 3 is 2.45 bits per heavy atom. The molecule has 0 spiro atoms. The summed E-state index contributed by atoms with van der Waals surface area (Å²) >= 11 is 17.7. The standard InChI is InChI=1S/C11H11Cl3N4O2/c1-19-6-8-16-17-10(11(12,13)14)18(8)7-3-4-9(20-2)15-5-7/h3-5H,6H2,1-2H3. The third kappa shape index (κ3) is 3.15. The van der Waals surface area contributed by atoms with Crippen molar-refractivity contribution in [1.29, 1.82) is 0 Å². The summed E-state index contributed by atoms with van der Waals surface area (Å²) in [6.45, 7) is 0.222. The maximum absolute atomic E-state index is 5.91. The number of hydrogen-bond acceptors (Lipinski definition) is 5. The SMILES string of the molecule is COCc1nnc(C(Cl)(Cl)Cl)n1-c1ccc(OC)nc1. The molecule has 0 N–H and O–H groups in total. The Morgan fingerprint density at radius 1 is 1.20 bits per heavy atom. The van der Waals surface area contributed by atoms with Crippen LogP contribution in [0.4, 0.5) is 0 Å². The van der Waals surface area contributed by atoms with Gasteiger partial charge < -0.3 is 9.47 Å². The van der Waals surface area contributed by atoms with Crippen LogP contribution in [-0.4, -0.2) is 34.0 Å². The summed E-state index contributed by atoms with van der Waals surface area (Å²) in [4.78, 5) is 4.11. The number of nitrogens with zero attached hydrogens (tertiary/aromatic N) is 4. The van der Waals surface area contributed by atoms with E-state index in [0.29, 0.717) is 17.4 Å². The molecule has 2 rings (SSSR count). The lowest BCUT2D eigenvalue weighted by atomic mass is 10.4. The van der Waals surface area contributed by atoms with Crippen molar-refractivity contribution in [1.82, 2.24) is 19.7 Å². The van der Waals surface area contributed by atoms with Crippen LogP contribution in [0.5, 0.6) is 5.88 Å². The Hall–Kier alpha value is -1.08. The minimum absolute atomic E-state index is 0.168. The van der Waals surface area contributed by atoms with Crippen LogP contribution in [0.15, 0.2) is 18.3 Å². The molecule has 9 heteroatoms. The number of hydrogen-bond donors (Lipinski definition) is 0. The van der Waals surface area contributed by atoms with Crippen molar-refractivity contribution in [3.05, 3.63) is 30.0 Å². The fourth-order valence-electron chi connectivity index (χ4n) is 1.62. The van der Waals surface area contributed by atoms with Gasteiger partial charge in [0.15, 0.2) is 11.6 Å². The summed E-state index contributed by atoms with van der Waals surface area (Å²) in [5.41, 5.74) is 0.643. The molecule has 0 radical (unpaired) electrons. The second kappa shape index (κ2) is 6.13. The van der Waals surface area contributed by atoms with Crippen LogP contribution in [-0.2, 0) is 15.1 Å². The number of halogens is 3. The topological polar surface area (TPSA) is 62.1 Å². The predicted octanol–water partition coefficient (Wildman–Crippen LogP) is 2.64. The van der Waals surface area contributed by atoms with Gasteiger partial charge in [0.2, 0.25) is 5.88 Å². The molecule has 2 heterocycles. The lowest BCUT2D eigenvalue weighted by molar-refractivity contribution is 0.176. The summed E-state index contributed by atoms with van der Waals surface area (Å²) in [6, 6.07) is 3.45. The van der Waals surface area contributed by atoms with Crippen LogP contribution >= 0.6 is 34.8 Å². The molecule has 0 aromatic carbocycles. The molecular weight excluding hydrogens is 327 g/mol. The van der Waals surface area contributed by atoms with E-state index in [4.69, 9.17) is 44.3 Å². The van der Waals surface area contributed by atoms with Gasteiger partial charge in [0.1, 0.15) is 6.61 Å². The van der Waals surface area contributed by atoms with Crippen molar-refractivity contribution in [3.63, 3.8) is 0 Å². The van der Waals surface area contributed by atoms with E-state index in [0.717, 1.165) is 0 Å². The van der Waals surface area contributed by atoms with Crippen LogP contribution in [0, 0.1) is 0 Å². The first-order chi connectivity index (χ1) is 9.47. The van der Waals surface area contributed by atoms with Gasteiger partial charge in [-0.05, 0) is 6.07 Å². The van der Waals surface area contributed by atoms with Crippen molar-refractivity contribution < 1.29 is 9.47 Å². The summed E-state index contributed by atoms with van der Waals surface area (Å²) in [5, 5.41) is 7.87. The van der Waals surface area contributed by atoms with Crippen molar-refractivity contribution in [2.45, 2.75) is 10.4 Å². The smallest absolute Gasteiger partial charge is 0.250 e. The summed E-state index contributed by atoms with van der Waals surface area (Å²) in [6.07, 6.45) is 1.57. The van der Waals surface area contributed by atoms with E-state index in [-0.39, 0.29) is 12.4 Å². The molecule has 2 aromatic heterocycles. The summed E-state index contributed by atoms with van der Waals surface area (Å²) in [7, 11) is 3.07. The second-order valence-electron chi connectivity index (χ2n) is 3.76. The molecular formula is C11H11Cl3N4O2. The molecule has 6 nitrogen and oxygen atoms in total. The Labute approximate surface area is 130 Å². The van der Waals surface area contributed by atoms with E-state index in [2.05, 4.69) is 15.2 Å². The fraction of sp³-hybridized carbons (Fsp3) is 0.364. The number of alkyl halides is 3. The molecule has 0 aliphatic carbocycles. The van der Waals surface area contributed by atoms with Crippen LogP contribution < -0.4 is 4.74 Å². The molecule has 108 valence electrons. The van der Waals surface area contributed by atoms with Gasteiger partial charge in [-0.1, -0.05) is 34.8 Å². The van der Waals surface area contributed by atoms with Crippen molar-refractivity contribution in [3.8, 4) is 11.6 Å². The molecule has 0 unspecified atom stereocenters. The first-order valence-electron chi connectivity index (χ1n) is 5.48. The zero-order valence-electron chi connectivity index (χ0n) is 10.7. The zero-order valence-corrected chi connectivity index (χ0v) is 12.9. The molecule has 0 aliphatic rings. The minimum atomic E-state index is -1.71. The molecule has 0 atom stereocenters. The quantitative estimate of drug-likeness (QED) is 0.803. The molecule has 20 heavy (non-hydrogen) atoms. The second-order valence-corrected chi connectivity index (χ2v) is 6.05. The van der Waals surface area contributed by atoms with E-state index in [1.54, 1.807) is 30.0 Å². The number of aromatic nitrogens is 4. The van der Waals surface area contributed by atoms with Gasteiger partial charge in [-0.2, -0.15) is 0 Å². The van der Waals surface area contributed by atoms with Gasteiger partial charge in [0, 0.05) is 13.2 Å². The first-order valence-corrected chi connectivity index (χ1v) is 6.61. The van der Waals surface area contributed by atoms with Gasteiger partial charge in [-0.3, -0.25) is 4.57 Å². The van der Waals surface area contributed by atoms with Crippen LogP contribution in [0.25, 0.3) is 5.69 Å². The first kappa shape index (κ1) is 15.3. The van der Waals surface area contributed by atoms with Crippen LogP contribution in [0.3, 0.4) is 0 Å². The molecule has 0 aliphatic heterocycles. The highest BCUT2D eigenvalue weighted by Crippen LogP contribution is 2.38. The Kier molecular flexibility index (Phi) is 4.70. The highest BCUT2D eigenvalue weighted by Gasteiger charge is 2.32. The summed E-state index contributed by atoms with van der Waals surface area (Å²) in [5.74, 6) is 1.15. The van der Waals surface area contributed by atoms with Gasteiger partial charge in [0.25, 0.3) is 3.79 Å². The zero-order chi connectivity index (χ0) is 14.8. The van der Waals surface area contributed by atoms with E-state index in [1.807, 2.05) is 0 Å². The lowest BCUT2D eigenvalue weighted by Crippen LogP contribution is -2.13. The van der Waals surface area contributed by atoms with E-state index in [1.165, 1.54) is 7.11 Å². The molecule has 0 saturated heterocycles. The highest BCUT2D eigenvalue weighted by atomic mass is 35.6. The average molecular weight is 338 g/mol. The monoisotopic (exact) mass is 336 g/mol. The largest absolute Gasteiger partial charge is 0.481 e. The molecule has 0 amide bonds. The van der Waals surface area contributed by atoms with Gasteiger partial charge in [-0.25, -0.2) is 4.98 Å². The predicted molar refractivity (Wildman–Crippen MR) is 75.7 cm³/mol. The number of rotatable bonds is 4. The van der Waals surface area contributed by atoms with Gasteiger partial charge >= 0.3 is 0 Å². The fourth-order valence-corrected chi connectivity index (χ4v) is 1.99. The highest BCUT2D eigenvalue weighted by molar-refractivity contribution is 6.66. The molecule has 2 aromatic rings. The Morgan fingerprint density at radius 2 is 1.95 bits per heavy atom. The van der Waals surface area contributed by atoms with Crippen LogP contribution in [0.1, 0.15) is 11.6 Å². The van der Waals surface area contributed by atoms with Gasteiger partial charge in [0.05, 0.1) is 19.0 Å². The lowest BCUT2D eigenvalue weighted by Gasteiger charge is -2.14. The Bertz CT molecular complexity index is 580. The summed E-state index contributed by atoms with van der Waals surface area (Å²) < 4.78 is 9.95. The molecule has 0 bridgehead atoms. The Balaban J connectivity index is 2.53. The number of pyridine rings is 1. The van der Waals surface area contributed by atoms with Gasteiger partial charge in [-0.15, -0.1) is 10.2 Å². The minimum Gasteiger partial charge on any atom is -0.481 e. The third-order valence-corrected chi connectivity index (χ3v) is 2.95. The normalized spacial score (nSPS) is 11.7. The van der Waals surface area contributed by atoms with E-state index >= 15 is 0 Å². The molecule has 0 saturated carbocycles. The van der Waals surface area contributed by atoms with Crippen LogP contribution in [0.2, 0.25) is 0 Å². The average Bonchev–Trinajstić information content (AvgIpc) is 2.83. The maximum Gasteiger partial charge on any atom is 0.250 e. The van der Waals surface area contributed by atoms with Crippen molar-refractivity contribution in [2.75, 3.05) is 14.2 Å².